The van der Waals surface area contributed by atoms with E-state index in [0.717, 1.165) is 0 Å². The fourth-order valence-corrected chi connectivity index (χ4v) is 1.69. The summed E-state index contributed by atoms with van der Waals surface area (Å²) in [7, 11) is 0. The predicted molar refractivity (Wildman–Crippen MR) is 68.6 cm³/mol. The van der Waals surface area contributed by atoms with Crippen LogP contribution < -0.4 is 11.1 Å². The Labute approximate surface area is 109 Å². The van der Waals surface area contributed by atoms with Crippen molar-refractivity contribution in [3.8, 4) is 0 Å². The number of benzene rings is 2. The fourth-order valence-electron chi connectivity index (χ4n) is 1.69. The summed E-state index contributed by atoms with van der Waals surface area (Å²) >= 11 is 0. The smallest absolute Gasteiger partial charge is 0.248 e. The Morgan fingerprint density at radius 1 is 1.11 bits per heavy atom. The van der Waals surface area contributed by atoms with E-state index in [1.807, 2.05) is 0 Å². The highest BCUT2D eigenvalue weighted by molar-refractivity contribution is 5.92. The van der Waals surface area contributed by atoms with Gasteiger partial charge in [0.05, 0.1) is 0 Å². The lowest BCUT2D eigenvalue weighted by molar-refractivity contribution is 0.1000. The van der Waals surface area contributed by atoms with Crippen LogP contribution in [0.25, 0.3) is 0 Å². The molecule has 98 valence electrons. The van der Waals surface area contributed by atoms with Gasteiger partial charge in [-0.3, -0.25) is 4.79 Å². The molecular weight excluding hydrogens is 250 g/mol. The lowest BCUT2D eigenvalue weighted by atomic mass is 10.1. The van der Waals surface area contributed by atoms with E-state index in [-0.39, 0.29) is 12.2 Å². The second-order valence-corrected chi connectivity index (χ2v) is 4.01. The standard InChI is InChI=1S/C14H12F2N2O/c15-11-5-2-6-12(16)13(11)18-8-9-3-1-4-10(7-9)14(17)19/h1-7,18H,8H2,(H2,17,19). The van der Waals surface area contributed by atoms with Crippen molar-refractivity contribution in [2.45, 2.75) is 6.54 Å². The van der Waals surface area contributed by atoms with Crippen molar-refractivity contribution in [2.75, 3.05) is 5.32 Å². The van der Waals surface area contributed by atoms with Crippen molar-refractivity contribution >= 4 is 11.6 Å². The second-order valence-electron chi connectivity index (χ2n) is 4.01. The molecule has 0 radical (unpaired) electrons. The number of rotatable bonds is 4. The Hall–Kier alpha value is -2.43. The number of anilines is 1. The van der Waals surface area contributed by atoms with Gasteiger partial charge >= 0.3 is 0 Å². The SMILES string of the molecule is NC(=O)c1cccc(CNc2c(F)cccc2F)c1. The largest absolute Gasteiger partial charge is 0.376 e. The molecule has 0 atom stereocenters. The molecule has 2 rings (SSSR count). The summed E-state index contributed by atoms with van der Waals surface area (Å²) in [6.45, 7) is 0.193. The van der Waals surface area contributed by atoms with E-state index in [1.54, 1.807) is 24.3 Å². The molecule has 0 bridgehead atoms. The molecule has 2 aromatic rings. The molecule has 0 spiro atoms. The molecule has 2 aromatic carbocycles. The summed E-state index contributed by atoms with van der Waals surface area (Å²) in [5, 5.41) is 2.66. The van der Waals surface area contributed by atoms with Gasteiger partial charge in [0.1, 0.15) is 17.3 Å². The molecule has 1 amide bonds. The van der Waals surface area contributed by atoms with Crippen LogP contribution in [0.15, 0.2) is 42.5 Å². The molecule has 0 aromatic heterocycles. The van der Waals surface area contributed by atoms with Crippen molar-refractivity contribution in [3.63, 3.8) is 0 Å². The minimum Gasteiger partial charge on any atom is -0.376 e. The summed E-state index contributed by atoms with van der Waals surface area (Å²) in [6, 6.07) is 10.2. The van der Waals surface area contributed by atoms with Crippen LogP contribution in [-0.2, 0) is 6.54 Å². The number of carbonyl (C=O) groups is 1. The maximum Gasteiger partial charge on any atom is 0.248 e. The number of primary amides is 1. The number of amides is 1. The van der Waals surface area contributed by atoms with Gasteiger partial charge < -0.3 is 11.1 Å². The highest BCUT2D eigenvalue weighted by Gasteiger charge is 2.08. The summed E-state index contributed by atoms with van der Waals surface area (Å²) in [6.07, 6.45) is 0. The molecule has 0 saturated carbocycles. The molecule has 3 N–H and O–H groups in total. The quantitative estimate of drug-likeness (QED) is 0.890. The predicted octanol–water partition coefficient (Wildman–Crippen LogP) is 2.68. The number of para-hydroxylation sites is 1. The van der Waals surface area contributed by atoms with Crippen molar-refractivity contribution in [1.29, 1.82) is 0 Å². The van der Waals surface area contributed by atoms with E-state index in [4.69, 9.17) is 5.73 Å². The summed E-state index contributed by atoms with van der Waals surface area (Å²) in [5.41, 5.74) is 6.03. The van der Waals surface area contributed by atoms with Gasteiger partial charge in [-0.15, -0.1) is 0 Å². The molecule has 0 aliphatic rings. The molecular formula is C14H12F2N2O. The molecule has 5 heteroatoms. The molecule has 0 saturated heterocycles. The summed E-state index contributed by atoms with van der Waals surface area (Å²) < 4.78 is 26.8. The van der Waals surface area contributed by atoms with Crippen molar-refractivity contribution in [2.24, 2.45) is 5.73 Å². The van der Waals surface area contributed by atoms with Gasteiger partial charge in [-0.1, -0.05) is 18.2 Å². The Balaban J connectivity index is 2.15. The lowest BCUT2D eigenvalue weighted by Crippen LogP contribution is -2.11. The van der Waals surface area contributed by atoms with E-state index in [9.17, 15) is 13.6 Å². The highest BCUT2D eigenvalue weighted by atomic mass is 19.1. The molecule has 0 aliphatic heterocycles. The average Bonchev–Trinajstić information content (AvgIpc) is 2.38. The molecule has 3 nitrogen and oxygen atoms in total. The minimum atomic E-state index is -0.661. The first-order valence-corrected chi connectivity index (χ1v) is 5.64. The first kappa shape index (κ1) is 13.0. The van der Waals surface area contributed by atoms with E-state index in [0.29, 0.717) is 11.1 Å². The van der Waals surface area contributed by atoms with Crippen LogP contribution in [0.2, 0.25) is 0 Å². The minimum absolute atomic E-state index is 0.188. The first-order chi connectivity index (χ1) is 9.08. The maximum absolute atomic E-state index is 13.4. The van der Waals surface area contributed by atoms with Gasteiger partial charge in [0.15, 0.2) is 0 Å². The lowest BCUT2D eigenvalue weighted by Gasteiger charge is -2.09. The monoisotopic (exact) mass is 262 g/mol. The van der Waals surface area contributed by atoms with Crippen molar-refractivity contribution in [3.05, 3.63) is 65.2 Å². The maximum atomic E-state index is 13.4. The highest BCUT2D eigenvalue weighted by Crippen LogP contribution is 2.19. The topological polar surface area (TPSA) is 55.1 Å². The first-order valence-electron chi connectivity index (χ1n) is 5.64. The van der Waals surface area contributed by atoms with Gasteiger partial charge in [0.2, 0.25) is 5.91 Å². The van der Waals surface area contributed by atoms with Crippen LogP contribution >= 0.6 is 0 Å². The van der Waals surface area contributed by atoms with Gasteiger partial charge in [-0.2, -0.15) is 0 Å². The third-order valence-electron chi connectivity index (χ3n) is 2.64. The molecule has 0 aliphatic carbocycles. The zero-order valence-corrected chi connectivity index (χ0v) is 9.99. The molecule has 0 heterocycles. The number of hydrogen-bond donors (Lipinski definition) is 2. The zero-order chi connectivity index (χ0) is 13.8. The Morgan fingerprint density at radius 3 is 2.37 bits per heavy atom. The number of hydrogen-bond acceptors (Lipinski definition) is 2. The van der Waals surface area contributed by atoms with Gasteiger partial charge in [-0.05, 0) is 29.8 Å². The van der Waals surface area contributed by atoms with Crippen molar-refractivity contribution in [1.82, 2.24) is 0 Å². The van der Waals surface area contributed by atoms with Crippen LogP contribution in [0.3, 0.4) is 0 Å². The molecule has 19 heavy (non-hydrogen) atoms. The van der Waals surface area contributed by atoms with Crippen LogP contribution in [0.4, 0.5) is 14.5 Å². The molecule has 0 fully saturated rings. The van der Waals surface area contributed by atoms with E-state index < -0.39 is 17.5 Å². The summed E-state index contributed by atoms with van der Waals surface area (Å²) in [5.74, 6) is -1.86. The number of nitrogens with one attached hydrogen (secondary N) is 1. The normalized spacial score (nSPS) is 10.2. The fraction of sp³-hybridized carbons (Fsp3) is 0.0714. The van der Waals surface area contributed by atoms with Crippen LogP contribution in [0.1, 0.15) is 15.9 Å². The van der Waals surface area contributed by atoms with Gasteiger partial charge in [0.25, 0.3) is 0 Å². The van der Waals surface area contributed by atoms with E-state index >= 15 is 0 Å². The Morgan fingerprint density at radius 2 is 1.74 bits per heavy atom. The van der Waals surface area contributed by atoms with Crippen molar-refractivity contribution < 1.29 is 13.6 Å². The van der Waals surface area contributed by atoms with Gasteiger partial charge in [-0.25, -0.2) is 8.78 Å². The average molecular weight is 262 g/mol. The Kier molecular flexibility index (Phi) is 3.75. The van der Waals surface area contributed by atoms with E-state index in [2.05, 4.69) is 5.32 Å². The van der Waals surface area contributed by atoms with Crippen LogP contribution in [0.5, 0.6) is 0 Å². The van der Waals surface area contributed by atoms with E-state index in [1.165, 1.54) is 18.2 Å². The zero-order valence-electron chi connectivity index (χ0n) is 9.99. The molecule has 0 unspecified atom stereocenters. The van der Waals surface area contributed by atoms with Crippen LogP contribution in [0, 0.1) is 11.6 Å². The summed E-state index contributed by atoms with van der Waals surface area (Å²) in [4.78, 5) is 11.0. The third kappa shape index (κ3) is 3.07. The Bertz CT molecular complexity index is 594. The number of carbonyl (C=O) groups excluding carboxylic acids is 1. The number of halogens is 2. The number of nitrogens with two attached hydrogens (primary N) is 1. The van der Waals surface area contributed by atoms with Crippen LogP contribution in [-0.4, -0.2) is 5.91 Å². The second kappa shape index (κ2) is 5.48. The van der Waals surface area contributed by atoms with Gasteiger partial charge in [0, 0.05) is 12.1 Å². The third-order valence-corrected chi connectivity index (χ3v) is 2.64.